The third-order valence-electron chi connectivity index (χ3n) is 2.20. The highest BCUT2D eigenvalue weighted by molar-refractivity contribution is 5.94. The van der Waals surface area contributed by atoms with Crippen molar-refractivity contribution in [2.45, 2.75) is 19.9 Å². The molecule has 1 rings (SSSR count). The Morgan fingerprint density at radius 2 is 2.19 bits per heavy atom. The van der Waals surface area contributed by atoms with E-state index in [1.807, 2.05) is 13.8 Å². The summed E-state index contributed by atoms with van der Waals surface area (Å²) in [5, 5.41) is 18.1. The topological polar surface area (TPSA) is 73.7 Å². The first kappa shape index (κ1) is 12.4. The molecule has 0 fully saturated rings. The van der Waals surface area contributed by atoms with E-state index >= 15 is 0 Å². The predicted octanol–water partition coefficient (Wildman–Crippen LogP) is 0.630. The van der Waals surface area contributed by atoms with Crippen molar-refractivity contribution in [1.82, 2.24) is 9.88 Å². The number of rotatable bonds is 4. The Labute approximate surface area is 94.4 Å². The standard InChI is InChI=1S/C11H16N2O3/c1-8(2)13(3-4-14)11(16)9-5-10(15)7-12-6-9/h5-8,14-15H,3-4H2,1-2H3. The summed E-state index contributed by atoms with van der Waals surface area (Å²) in [6.07, 6.45) is 2.66. The van der Waals surface area contributed by atoms with Crippen LogP contribution in [0, 0.1) is 0 Å². The predicted molar refractivity (Wildman–Crippen MR) is 59.2 cm³/mol. The normalized spacial score (nSPS) is 10.5. The lowest BCUT2D eigenvalue weighted by atomic mass is 10.2. The molecular formula is C11H16N2O3. The molecule has 5 heteroatoms. The van der Waals surface area contributed by atoms with Crippen LogP contribution in [0.1, 0.15) is 24.2 Å². The third-order valence-corrected chi connectivity index (χ3v) is 2.20. The molecule has 0 bridgehead atoms. The minimum Gasteiger partial charge on any atom is -0.506 e. The molecule has 0 atom stereocenters. The molecule has 0 aromatic carbocycles. The zero-order chi connectivity index (χ0) is 12.1. The lowest BCUT2D eigenvalue weighted by molar-refractivity contribution is 0.0664. The van der Waals surface area contributed by atoms with Crippen molar-refractivity contribution in [3.63, 3.8) is 0 Å². The maximum absolute atomic E-state index is 12.0. The van der Waals surface area contributed by atoms with Crippen molar-refractivity contribution >= 4 is 5.91 Å². The summed E-state index contributed by atoms with van der Waals surface area (Å²) in [7, 11) is 0. The molecule has 5 nitrogen and oxygen atoms in total. The number of aliphatic hydroxyl groups excluding tert-OH is 1. The fraction of sp³-hybridized carbons (Fsp3) is 0.455. The molecule has 0 radical (unpaired) electrons. The highest BCUT2D eigenvalue weighted by Crippen LogP contribution is 2.12. The van der Waals surface area contributed by atoms with Crippen LogP contribution in [0.25, 0.3) is 0 Å². The quantitative estimate of drug-likeness (QED) is 0.786. The maximum Gasteiger partial charge on any atom is 0.255 e. The number of carbonyl (C=O) groups is 1. The molecule has 1 heterocycles. The second-order valence-corrected chi connectivity index (χ2v) is 3.75. The van der Waals surface area contributed by atoms with E-state index in [0.717, 1.165) is 0 Å². The first-order valence-electron chi connectivity index (χ1n) is 5.12. The van der Waals surface area contributed by atoms with E-state index in [1.54, 1.807) is 0 Å². The molecule has 16 heavy (non-hydrogen) atoms. The van der Waals surface area contributed by atoms with Gasteiger partial charge in [-0.2, -0.15) is 0 Å². The fourth-order valence-corrected chi connectivity index (χ4v) is 1.41. The molecule has 2 N–H and O–H groups in total. The molecule has 0 aliphatic carbocycles. The lowest BCUT2D eigenvalue weighted by Gasteiger charge is -2.25. The summed E-state index contributed by atoms with van der Waals surface area (Å²) in [5.74, 6) is -0.286. The van der Waals surface area contributed by atoms with Gasteiger partial charge in [-0.3, -0.25) is 9.78 Å². The molecule has 1 aromatic heterocycles. The lowest BCUT2D eigenvalue weighted by Crippen LogP contribution is -2.39. The second kappa shape index (κ2) is 5.46. The summed E-state index contributed by atoms with van der Waals surface area (Å²) in [6, 6.07) is 1.35. The minimum absolute atomic E-state index is 0.0120. The summed E-state index contributed by atoms with van der Waals surface area (Å²) < 4.78 is 0. The monoisotopic (exact) mass is 224 g/mol. The van der Waals surface area contributed by atoms with Crippen LogP contribution in [0.3, 0.4) is 0 Å². The Morgan fingerprint density at radius 1 is 1.50 bits per heavy atom. The molecular weight excluding hydrogens is 208 g/mol. The third kappa shape index (κ3) is 2.93. The summed E-state index contributed by atoms with van der Waals surface area (Å²) >= 11 is 0. The van der Waals surface area contributed by atoms with Crippen molar-refractivity contribution in [3.05, 3.63) is 24.0 Å². The van der Waals surface area contributed by atoms with Gasteiger partial charge in [0.25, 0.3) is 5.91 Å². The number of carbonyl (C=O) groups excluding carboxylic acids is 1. The van der Waals surface area contributed by atoms with Crippen LogP contribution in [0.5, 0.6) is 5.75 Å². The number of aromatic hydroxyl groups is 1. The molecule has 1 amide bonds. The van der Waals surface area contributed by atoms with Crippen LogP contribution in [-0.4, -0.2) is 45.2 Å². The van der Waals surface area contributed by atoms with Crippen LogP contribution < -0.4 is 0 Å². The Bertz CT molecular complexity index is 366. The number of nitrogens with zero attached hydrogens (tertiary/aromatic N) is 2. The Morgan fingerprint density at radius 3 is 2.69 bits per heavy atom. The van der Waals surface area contributed by atoms with Gasteiger partial charge in [-0.25, -0.2) is 0 Å². The van der Waals surface area contributed by atoms with Gasteiger partial charge in [0, 0.05) is 18.8 Å². The van der Waals surface area contributed by atoms with Crippen molar-refractivity contribution in [1.29, 1.82) is 0 Å². The van der Waals surface area contributed by atoms with E-state index in [2.05, 4.69) is 4.98 Å². The molecule has 0 saturated carbocycles. The maximum atomic E-state index is 12.0. The van der Waals surface area contributed by atoms with Gasteiger partial charge in [0.05, 0.1) is 18.4 Å². The molecule has 1 aromatic rings. The van der Waals surface area contributed by atoms with Gasteiger partial charge >= 0.3 is 0 Å². The molecule has 0 unspecified atom stereocenters. The van der Waals surface area contributed by atoms with E-state index < -0.39 is 0 Å². The highest BCUT2D eigenvalue weighted by Gasteiger charge is 2.18. The van der Waals surface area contributed by atoms with Gasteiger partial charge in [-0.05, 0) is 19.9 Å². The summed E-state index contributed by atoms with van der Waals surface area (Å²) in [5.41, 5.74) is 0.321. The van der Waals surface area contributed by atoms with Gasteiger partial charge in [0.2, 0.25) is 0 Å². The fourth-order valence-electron chi connectivity index (χ4n) is 1.41. The van der Waals surface area contributed by atoms with E-state index in [0.29, 0.717) is 5.56 Å². The number of pyridine rings is 1. The van der Waals surface area contributed by atoms with E-state index in [-0.39, 0.29) is 30.9 Å². The largest absolute Gasteiger partial charge is 0.506 e. The molecule has 0 spiro atoms. The van der Waals surface area contributed by atoms with Gasteiger partial charge < -0.3 is 15.1 Å². The summed E-state index contributed by atoms with van der Waals surface area (Å²) in [4.78, 5) is 17.3. The molecule has 0 aliphatic rings. The van der Waals surface area contributed by atoms with Crippen LogP contribution >= 0.6 is 0 Å². The number of aliphatic hydroxyl groups is 1. The number of amides is 1. The first-order chi connectivity index (χ1) is 7.56. The van der Waals surface area contributed by atoms with Gasteiger partial charge in [0.15, 0.2) is 0 Å². The Balaban J connectivity index is 2.90. The van der Waals surface area contributed by atoms with Crippen molar-refractivity contribution in [2.24, 2.45) is 0 Å². The van der Waals surface area contributed by atoms with Crippen LogP contribution in [0.4, 0.5) is 0 Å². The molecule has 0 saturated heterocycles. The van der Waals surface area contributed by atoms with Crippen LogP contribution in [0.2, 0.25) is 0 Å². The SMILES string of the molecule is CC(C)N(CCO)C(=O)c1cncc(O)c1. The number of hydrogen-bond acceptors (Lipinski definition) is 4. The van der Waals surface area contributed by atoms with E-state index in [1.165, 1.54) is 23.4 Å². The van der Waals surface area contributed by atoms with E-state index in [4.69, 9.17) is 5.11 Å². The van der Waals surface area contributed by atoms with Crippen molar-refractivity contribution in [3.8, 4) is 5.75 Å². The number of hydrogen-bond donors (Lipinski definition) is 2. The van der Waals surface area contributed by atoms with Gasteiger partial charge in [-0.15, -0.1) is 0 Å². The summed E-state index contributed by atoms with van der Waals surface area (Å²) in [6.45, 7) is 3.91. The Kier molecular flexibility index (Phi) is 4.25. The molecule has 0 aliphatic heterocycles. The van der Waals surface area contributed by atoms with E-state index in [9.17, 15) is 9.90 Å². The van der Waals surface area contributed by atoms with Crippen molar-refractivity contribution < 1.29 is 15.0 Å². The Hall–Kier alpha value is -1.62. The van der Waals surface area contributed by atoms with Crippen LogP contribution in [0.15, 0.2) is 18.5 Å². The number of aromatic nitrogens is 1. The van der Waals surface area contributed by atoms with Gasteiger partial charge in [-0.1, -0.05) is 0 Å². The zero-order valence-corrected chi connectivity index (χ0v) is 9.42. The molecule has 88 valence electrons. The second-order valence-electron chi connectivity index (χ2n) is 3.75. The van der Waals surface area contributed by atoms with Gasteiger partial charge in [0.1, 0.15) is 5.75 Å². The zero-order valence-electron chi connectivity index (χ0n) is 9.42. The van der Waals surface area contributed by atoms with Crippen molar-refractivity contribution in [2.75, 3.05) is 13.2 Å². The van der Waals surface area contributed by atoms with Crippen LogP contribution in [-0.2, 0) is 0 Å². The first-order valence-corrected chi connectivity index (χ1v) is 5.12. The smallest absolute Gasteiger partial charge is 0.255 e. The average molecular weight is 224 g/mol. The highest BCUT2D eigenvalue weighted by atomic mass is 16.3. The average Bonchev–Trinajstić information content (AvgIpc) is 2.24. The minimum atomic E-state index is -0.243.